The van der Waals surface area contributed by atoms with Gasteiger partial charge < -0.3 is 15.0 Å². The number of aryl methyl sites for hydroxylation is 1. The fourth-order valence-corrected chi connectivity index (χ4v) is 3.31. The highest BCUT2D eigenvalue weighted by Gasteiger charge is 2.27. The molecule has 0 spiro atoms. The Morgan fingerprint density at radius 2 is 1.70 bits per heavy atom. The minimum absolute atomic E-state index is 0.00467. The number of hydrogen-bond acceptors (Lipinski definition) is 3. The Hall–Kier alpha value is -2.82. The van der Waals surface area contributed by atoms with Crippen LogP contribution in [0.5, 0.6) is 5.75 Å². The fourth-order valence-electron chi connectivity index (χ4n) is 3.31. The van der Waals surface area contributed by atoms with Gasteiger partial charge in [0, 0.05) is 12.6 Å². The molecule has 30 heavy (non-hydrogen) atoms. The summed E-state index contributed by atoms with van der Waals surface area (Å²) < 4.78 is 5.89. The molecule has 2 amide bonds. The first-order chi connectivity index (χ1) is 14.2. The van der Waals surface area contributed by atoms with E-state index in [1.807, 2.05) is 69.3 Å². The standard InChI is InChI=1S/C25H34N2O3/c1-17(2)22-12-7-8-13-23(22)30-16-24(28)27(20(6)25(29)26-18(3)4)15-21-11-9-10-19(5)14-21/h7-14,17-18,20H,15-16H2,1-6H3,(H,26,29)/t20-/m1/s1. The van der Waals surface area contributed by atoms with Gasteiger partial charge in [-0.25, -0.2) is 0 Å². The van der Waals surface area contributed by atoms with E-state index in [0.29, 0.717) is 12.3 Å². The first-order valence-electron chi connectivity index (χ1n) is 10.6. The van der Waals surface area contributed by atoms with E-state index >= 15 is 0 Å². The summed E-state index contributed by atoms with van der Waals surface area (Å²) in [5, 5.41) is 2.90. The fraction of sp³-hybridized carbons (Fsp3) is 0.440. The average Bonchev–Trinajstić information content (AvgIpc) is 2.69. The molecule has 1 N–H and O–H groups in total. The first-order valence-corrected chi connectivity index (χ1v) is 10.6. The first kappa shape index (κ1) is 23.5. The van der Waals surface area contributed by atoms with Crippen molar-refractivity contribution in [1.29, 1.82) is 0 Å². The predicted molar refractivity (Wildman–Crippen MR) is 120 cm³/mol. The van der Waals surface area contributed by atoms with Gasteiger partial charge in [-0.05, 0) is 50.8 Å². The molecule has 5 heteroatoms. The largest absolute Gasteiger partial charge is 0.483 e. The van der Waals surface area contributed by atoms with Crippen molar-refractivity contribution in [2.24, 2.45) is 0 Å². The Bertz CT molecular complexity index is 861. The second-order valence-corrected chi connectivity index (χ2v) is 8.33. The number of nitrogens with one attached hydrogen (secondary N) is 1. The summed E-state index contributed by atoms with van der Waals surface area (Å²) in [6.45, 7) is 12.0. The minimum Gasteiger partial charge on any atom is -0.483 e. The zero-order chi connectivity index (χ0) is 22.3. The Labute approximate surface area is 180 Å². The molecule has 0 saturated carbocycles. The molecule has 0 heterocycles. The predicted octanol–water partition coefficient (Wildman–Crippen LogP) is 4.44. The molecule has 0 aliphatic rings. The third-order valence-corrected chi connectivity index (χ3v) is 4.93. The summed E-state index contributed by atoms with van der Waals surface area (Å²) >= 11 is 0. The highest BCUT2D eigenvalue weighted by molar-refractivity contribution is 5.88. The molecule has 2 aromatic rings. The second-order valence-electron chi connectivity index (χ2n) is 8.33. The van der Waals surface area contributed by atoms with Crippen LogP contribution >= 0.6 is 0 Å². The maximum atomic E-state index is 13.1. The van der Waals surface area contributed by atoms with E-state index in [4.69, 9.17) is 4.74 Å². The van der Waals surface area contributed by atoms with Crippen molar-refractivity contribution in [3.63, 3.8) is 0 Å². The molecule has 0 radical (unpaired) electrons. The Balaban J connectivity index is 2.20. The number of carbonyl (C=O) groups is 2. The molecule has 1 atom stereocenters. The van der Waals surface area contributed by atoms with Gasteiger partial charge in [-0.1, -0.05) is 61.9 Å². The van der Waals surface area contributed by atoms with E-state index < -0.39 is 6.04 Å². The van der Waals surface area contributed by atoms with Gasteiger partial charge in [-0.2, -0.15) is 0 Å². The lowest BCUT2D eigenvalue weighted by Gasteiger charge is -2.29. The van der Waals surface area contributed by atoms with Crippen molar-refractivity contribution in [2.45, 2.75) is 66.1 Å². The summed E-state index contributed by atoms with van der Waals surface area (Å²) in [4.78, 5) is 27.4. The number of amides is 2. The zero-order valence-electron chi connectivity index (χ0n) is 18.9. The van der Waals surface area contributed by atoms with Crippen molar-refractivity contribution < 1.29 is 14.3 Å². The molecule has 2 aromatic carbocycles. The van der Waals surface area contributed by atoms with Crippen LogP contribution in [0, 0.1) is 6.92 Å². The molecule has 2 rings (SSSR count). The monoisotopic (exact) mass is 410 g/mol. The van der Waals surface area contributed by atoms with Crippen LogP contribution in [0.15, 0.2) is 48.5 Å². The third kappa shape index (κ3) is 6.61. The van der Waals surface area contributed by atoms with Crippen molar-refractivity contribution in [3.05, 3.63) is 65.2 Å². The van der Waals surface area contributed by atoms with Crippen LogP contribution in [-0.4, -0.2) is 35.4 Å². The molecular formula is C25H34N2O3. The average molecular weight is 411 g/mol. The van der Waals surface area contributed by atoms with Gasteiger partial charge in [0.25, 0.3) is 5.91 Å². The van der Waals surface area contributed by atoms with Gasteiger partial charge in [0.2, 0.25) is 5.91 Å². The highest BCUT2D eigenvalue weighted by atomic mass is 16.5. The van der Waals surface area contributed by atoms with E-state index in [9.17, 15) is 9.59 Å². The van der Waals surface area contributed by atoms with Crippen LogP contribution in [0.4, 0.5) is 0 Å². The van der Waals surface area contributed by atoms with Crippen LogP contribution in [0.1, 0.15) is 57.2 Å². The molecule has 0 saturated heterocycles. The maximum absolute atomic E-state index is 13.1. The number of rotatable bonds is 9. The molecule has 162 valence electrons. The number of ether oxygens (including phenoxy) is 1. The lowest BCUT2D eigenvalue weighted by molar-refractivity contribution is -0.142. The van der Waals surface area contributed by atoms with Gasteiger partial charge in [0.15, 0.2) is 6.61 Å². The SMILES string of the molecule is Cc1cccc(CN(C(=O)COc2ccccc2C(C)C)[C@H](C)C(=O)NC(C)C)c1. The molecule has 0 fully saturated rings. The van der Waals surface area contributed by atoms with E-state index in [1.54, 1.807) is 11.8 Å². The highest BCUT2D eigenvalue weighted by Crippen LogP contribution is 2.26. The molecule has 0 aromatic heterocycles. The molecular weight excluding hydrogens is 376 g/mol. The number of nitrogens with zero attached hydrogens (tertiary/aromatic N) is 1. The summed E-state index contributed by atoms with van der Waals surface area (Å²) in [7, 11) is 0. The number of carbonyl (C=O) groups excluding carboxylic acids is 2. The Morgan fingerprint density at radius 3 is 2.33 bits per heavy atom. The van der Waals surface area contributed by atoms with Crippen LogP contribution in [0.2, 0.25) is 0 Å². The van der Waals surface area contributed by atoms with E-state index in [1.165, 1.54) is 0 Å². The van der Waals surface area contributed by atoms with E-state index in [2.05, 4.69) is 19.2 Å². The number of benzene rings is 2. The molecule has 0 unspecified atom stereocenters. The van der Waals surface area contributed by atoms with Crippen LogP contribution < -0.4 is 10.1 Å². The summed E-state index contributed by atoms with van der Waals surface area (Å²) in [5.41, 5.74) is 3.15. The maximum Gasteiger partial charge on any atom is 0.261 e. The number of hydrogen-bond donors (Lipinski definition) is 1. The Kier molecular flexibility index (Phi) is 8.46. The van der Waals surface area contributed by atoms with Gasteiger partial charge >= 0.3 is 0 Å². The molecule has 0 aliphatic carbocycles. The van der Waals surface area contributed by atoms with Crippen molar-refractivity contribution in [3.8, 4) is 5.75 Å². The lowest BCUT2D eigenvalue weighted by atomic mass is 10.0. The lowest BCUT2D eigenvalue weighted by Crippen LogP contribution is -2.50. The van der Waals surface area contributed by atoms with Crippen molar-refractivity contribution in [1.82, 2.24) is 10.2 Å². The van der Waals surface area contributed by atoms with Crippen LogP contribution in [0.25, 0.3) is 0 Å². The Morgan fingerprint density at radius 1 is 1.00 bits per heavy atom. The van der Waals surface area contributed by atoms with Crippen LogP contribution in [0.3, 0.4) is 0 Å². The summed E-state index contributed by atoms with van der Waals surface area (Å²) in [6, 6.07) is 15.1. The van der Waals surface area contributed by atoms with Crippen molar-refractivity contribution in [2.75, 3.05) is 6.61 Å². The van der Waals surface area contributed by atoms with Crippen molar-refractivity contribution >= 4 is 11.8 Å². The van der Waals surface area contributed by atoms with Gasteiger partial charge in [-0.3, -0.25) is 9.59 Å². The van der Waals surface area contributed by atoms with E-state index in [-0.39, 0.29) is 30.4 Å². The smallest absolute Gasteiger partial charge is 0.261 e. The summed E-state index contributed by atoms with van der Waals surface area (Å²) in [5.74, 6) is 0.598. The molecule has 0 aliphatic heterocycles. The second kappa shape index (κ2) is 10.8. The topological polar surface area (TPSA) is 58.6 Å². The van der Waals surface area contributed by atoms with Gasteiger partial charge in [0.1, 0.15) is 11.8 Å². The van der Waals surface area contributed by atoms with Gasteiger partial charge in [-0.15, -0.1) is 0 Å². The molecule has 0 bridgehead atoms. The zero-order valence-corrected chi connectivity index (χ0v) is 18.9. The van der Waals surface area contributed by atoms with E-state index in [0.717, 1.165) is 16.7 Å². The van der Waals surface area contributed by atoms with Crippen LogP contribution in [-0.2, 0) is 16.1 Å². The normalized spacial score (nSPS) is 12.0. The number of para-hydroxylation sites is 1. The third-order valence-electron chi connectivity index (χ3n) is 4.93. The quantitative estimate of drug-likeness (QED) is 0.665. The van der Waals surface area contributed by atoms with Gasteiger partial charge in [0.05, 0.1) is 0 Å². The minimum atomic E-state index is -0.607. The summed E-state index contributed by atoms with van der Waals surface area (Å²) in [6.07, 6.45) is 0. The molecule has 5 nitrogen and oxygen atoms in total.